The molecule has 1 atom stereocenters. The number of hydrogen-bond donors (Lipinski definition) is 2. The lowest BCUT2D eigenvalue weighted by atomic mass is 10.0. The fraction of sp³-hybridized carbons (Fsp3) is 0.417. The Bertz CT molecular complexity index is 934. The van der Waals surface area contributed by atoms with Crippen LogP contribution in [0.3, 0.4) is 0 Å². The van der Waals surface area contributed by atoms with E-state index in [-0.39, 0.29) is 6.42 Å². The zero-order valence-electron chi connectivity index (χ0n) is 17.9. The fourth-order valence-electron chi connectivity index (χ4n) is 3.85. The summed E-state index contributed by atoms with van der Waals surface area (Å²) in [4.78, 5) is 11.5. The second-order valence-corrected chi connectivity index (χ2v) is 8.71. The Kier molecular flexibility index (Phi) is 8.29. The van der Waals surface area contributed by atoms with Gasteiger partial charge in [0.15, 0.2) is 0 Å². The first-order valence-electron chi connectivity index (χ1n) is 10.5. The fourth-order valence-corrected chi connectivity index (χ4v) is 4.44. The molecule has 1 aliphatic heterocycles. The highest BCUT2D eigenvalue weighted by atomic mass is 35.5. The van der Waals surface area contributed by atoms with Crippen LogP contribution in [0.2, 0.25) is 5.02 Å². The summed E-state index contributed by atoms with van der Waals surface area (Å²) in [7, 11) is 0. The number of carboxylic acids is 1. The van der Waals surface area contributed by atoms with Gasteiger partial charge in [0.05, 0.1) is 29.8 Å². The molecule has 3 rings (SSSR count). The molecule has 0 bridgehead atoms. The number of carbonyl (C=O) groups is 1. The van der Waals surface area contributed by atoms with Crippen molar-refractivity contribution in [1.82, 2.24) is 0 Å². The highest BCUT2D eigenvalue weighted by Gasteiger charge is 2.16. The first-order valence-corrected chi connectivity index (χ1v) is 11.3. The third-order valence-corrected chi connectivity index (χ3v) is 5.99. The molecule has 0 amide bonds. The molecule has 2 N–H and O–H groups in total. The maximum atomic E-state index is 11.0. The number of aliphatic carboxylic acids is 1. The van der Waals surface area contributed by atoms with E-state index in [0.29, 0.717) is 34.0 Å². The number of nitrogens with one attached hydrogen (secondary N) is 1. The number of rotatable bonds is 8. The Labute approximate surface area is 193 Å². The molecule has 0 saturated carbocycles. The minimum absolute atomic E-state index is 0.0748. The highest BCUT2D eigenvalue weighted by molar-refractivity contribution is 7.81. The third kappa shape index (κ3) is 6.66. The Balaban J connectivity index is 1.66. The zero-order valence-corrected chi connectivity index (χ0v) is 19.4. The van der Waals surface area contributed by atoms with E-state index in [1.807, 2.05) is 26.0 Å². The molecule has 0 radical (unpaired) electrons. The van der Waals surface area contributed by atoms with Crippen LogP contribution < -0.4 is 10.1 Å². The van der Waals surface area contributed by atoms with Gasteiger partial charge in [0.25, 0.3) is 0 Å². The molecule has 166 valence electrons. The van der Waals surface area contributed by atoms with Crippen molar-refractivity contribution in [2.45, 2.75) is 52.1 Å². The van der Waals surface area contributed by atoms with Gasteiger partial charge in [0.2, 0.25) is 0 Å². The van der Waals surface area contributed by atoms with Crippen molar-refractivity contribution >= 4 is 40.5 Å². The topological polar surface area (TPSA) is 67.8 Å². The van der Waals surface area contributed by atoms with Crippen molar-refractivity contribution in [1.29, 1.82) is 0 Å². The number of carboxylic acid groups (broad SMARTS) is 1. The third-order valence-electron chi connectivity index (χ3n) is 5.35. The molecule has 0 aliphatic carbocycles. The molecule has 0 aromatic heterocycles. The van der Waals surface area contributed by atoms with Crippen LogP contribution in [0.4, 0.5) is 5.69 Å². The molecule has 0 spiro atoms. The van der Waals surface area contributed by atoms with Gasteiger partial charge in [-0.15, -0.1) is 0 Å². The Morgan fingerprint density at radius 2 is 2.00 bits per heavy atom. The zero-order chi connectivity index (χ0) is 22.4. The van der Waals surface area contributed by atoms with Crippen molar-refractivity contribution in [3.8, 4) is 5.75 Å². The highest BCUT2D eigenvalue weighted by Crippen LogP contribution is 2.27. The lowest BCUT2D eigenvalue weighted by molar-refractivity contribution is -0.136. The summed E-state index contributed by atoms with van der Waals surface area (Å²) in [5, 5.41) is 12.7. The monoisotopic (exact) mass is 461 g/mol. The van der Waals surface area contributed by atoms with Crippen LogP contribution in [0.15, 0.2) is 30.3 Å². The van der Waals surface area contributed by atoms with Crippen LogP contribution in [0.25, 0.3) is 0 Å². The molecule has 1 saturated heterocycles. The van der Waals surface area contributed by atoms with E-state index in [1.165, 1.54) is 6.42 Å². The predicted octanol–water partition coefficient (Wildman–Crippen LogP) is 5.71. The summed E-state index contributed by atoms with van der Waals surface area (Å²) in [5.74, 6) is -0.0768. The molecular formula is C24H28ClNO4S. The molecule has 1 fully saturated rings. The Morgan fingerprint density at radius 1 is 1.26 bits per heavy atom. The van der Waals surface area contributed by atoms with E-state index in [4.69, 9.17) is 38.4 Å². The molecular weight excluding hydrogens is 434 g/mol. The molecule has 31 heavy (non-hydrogen) atoms. The van der Waals surface area contributed by atoms with Crippen molar-refractivity contribution in [3.05, 3.63) is 57.6 Å². The summed E-state index contributed by atoms with van der Waals surface area (Å²) in [6, 6.07) is 9.07. The molecule has 5 nitrogen and oxygen atoms in total. The average molecular weight is 462 g/mol. The summed E-state index contributed by atoms with van der Waals surface area (Å²) < 4.78 is 11.7. The van der Waals surface area contributed by atoms with E-state index in [0.717, 1.165) is 48.3 Å². The van der Waals surface area contributed by atoms with Crippen LogP contribution in [-0.4, -0.2) is 35.4 Å². The van der Waals surface area contributed by atoms with E-state index in [9.17, 15) is 4.79 Å². The minimum Gasteiger partial charge on any atom is -0.493 e. The van der Waals surface area contributed by atoms with E-state index in [1.54, 1.807) is 18.2 Å². The van der Waals surface area contributed by atoms with Crippen LogP contribution in [0, 0.1) is 13.8 Å². The number of benzene rings is 2. The Morgan fingerprint density at radius 3 is 2.65 bits per heavy atom. The van der Waals surface area contributed by atoms with Gasteiger partial charge in [-0.2, -0.15) is 0 Å². The Hall–Kier alpha value is -2.15. The number of hydrogen-bond acceptors (Lipinski definition) is 4. The van der Waals surface area contributed by atoms with Crippen molar-refractivity contribution in [2.75, 3.05) is 18.5 Å². The van der Waals surface area contributed by atoms with Gasteiger partial charge in [0.1, 0.15) is 10.7 Å². The first-order chi connectivity index (χ1) is 14.8. The van der Waals surface area contributed by atoms with Crippen LogP contribution in [0.1, 0.15) is 47.9 Å². The average Bonchev–Trinajstić information content (AvgIpc) is 2.70. The van der Waals surface area contributed by atoms with Crippen molar-refractivity contribution in [3.63, 3.8) is 0 Å². The second kappa shape index (κ2) is 10.9. The van der Waals surface area contributed by atoms with Gasteiger partial charge >= 0.3 is 5.97 Å². The van der Waals surface area contributed by atoms with Gasteiger partial charge in [-0.1, -0.05) is 29.9 Å². The van der Waals surface area contributed by atoms with Crippen LogP contribution in [0.5, 0.6) is 5.75 Å². The maximum Gasteiger partial charge on any atom is 0.307 e. The molecule has 1 heterocycles. The molecule has 1 unspecified atom stereocenters. The summed E-state index contributed by atoms with van der Waals surface area (Å²) in [5.41, 5.74) is 4.16. The van der Waals surface area contributed by atoms with E-state index in [2.05, 4.69) is 5.32 Å². The van der Waals surface area contributed by atoms with E-state index < -0.39 is 5.97 Å². The number of halogens is 1. The number of ether oxygens (including phenoxy) is 2. The van der Waals surface area contributed by atoms with E-state index >= 15 is 0 Å². The quantitative estimate of drug-likeness (QED) is 0.491. The summed E-state index contributed by atoms with van der Waals surface area (Å²) in [6.07, 6.45) is 4.61. The predicted molar refractivity (Wildman–Crippen MR) is 128 cm³/mol. The summed E-state index contributed by atoms with van der Waals surface area (Å²) >= 11 is 11.9. The van der Waals surface area contributed by atoms with Gasteiger partial charge in [0, 0.05) is 18.6 Å². The largest absolute Gasteiger partial charge is 0.493 e. The lowest BCUT2D eigenvalue weighted by Gasteiger charge is -2.22. The number of aryl methyl sites for hydroxylation is 2. The maximum absolute atomic E-state index is 11.0. The second-order valence-electron chi connectivity index (χ2n) is 7.90. The van der Waals surface area contributed by atoms with Crippen molar-refractivity contribution < 1.29 is 19.4 Å². The molecule has 2 aromatic carbocycles. The number of thiocarbonyl (C=S) groups is 1. The van der Waals surface area contributed by atoms with Gasteiger partial charge in [-0.3, -0.25) is 4.79 Å². The lowest BCUT2D eigenvalue weighted by Crippen LogP contribution is -2.21. The normalized spacial score (nSPS) is 16.0. The minimum atomic E-state index is -0.895. The first kappa shape index (κ1) is 23.5. The van der Waals surface area contributed by atoms with Gasteiger partial charge < -0.3 is 19.9 Å². The molecule has 2 aromatic rings. The van der Waals surface area contributed by atoms with Gasteiger partial charge in [-0.25, -0.2) is 0 Å². The smallest absolute Gasteiger partial charge is 0.307 e. The summed E-state index contributed by atoms with van der Waals surface area (Å²) in [6.45, 7) is 5.47. The SMILES string of the molecule is Cc1cc(OCCC2CCCCO2)cc(C)c1C(=S)Nc1cc(CC(=O)O)ccc1Cl. The number of anilines is 1. The molecule has 1 aliphatic rings. The van der Waals surface area contributed by atoms with Crippen LogP contribution in [-0.2, 0) is 16.0 Å². The van der Waals surface area contributed by atoms with Crippen LogP contribution >= 0.6 is 23.8 Å². The van der Waals surface area contributed by atoms with Gasteiger partial charge in [-0.05, 0) is 74.1 Å². The van der Waals surface area contributed by atoms with Crippen molar-refractivity contribution in [2.24, 2.45) is 0 Å². The molecule has 7 heteroatoms. The standard InChI is InChI=1S/C24H28ClNO4S/c1-15-11-19(30-10-8-18-5-3-4-9-29-18)12-16(2)23(15)24(31)26-21-13-17(14-22(27)28)6-7-20(21)25/h6-7,11-13,18H,3-5,8-10,14H2,1-2H3,(H,26,31)(H,27,28).